The van der Waals surface area contributed by atoms with Crippen LogP contribution in [0.2, 0.25) is 0 Å². The molecule has 4 saturated carbocycles. The van der Waals surface area contributed by atoms with E-state index in [0.717, 1.165) is 34.5 Å². The van der Waals surface area contributed by atoms with Crippen molar-refractivity contribution in [2.45, 2.75) is 50.1 Å². The highest BCUT2D eigenvalue weighted by Gasteiger charge is 2.52. The Bertz CT molecular complexity index is 1030. The number of hydrogen-bond acceptors (Lipinski definition) is 2. The van der Waals surface area contributed by atoms with Crippen LogP contribution in [0.3, 0.4) is 0 Å². The van der Waals surface area contributed by atoms with Gasteiger partial charge in [0.05, 0.1) is 17.0 Å². The zero-order valence-corrected chi connectivity index (χ0v) is 17.4. The van der Waals surface area contributed by atoms with E-state index in [4.69, 9.17) is 4.98 Å². The zero-order chi connectivity index (χ0) is 19.1. The van der Waals surface area contributed by atoms with Crippen molar-refractivity contribution in [1.29, 1.82) is 0 Å². The number of rotatable bonds is 2. The van der Waals surface area contributed by atoms with Crippen LogP contribution in [0.25, 0.3) is 16.2 Å². The topological polar surface area (TPSA) is 17.3 Å². The molecule has 2 aromatic heterocycles. The normalized spacial score (nSPS) is 30.7. The van der Waals surface area contributed by atoms with Gasteiger partial charge >= 0.3 is 6.18 Å². The lowest BCUT2D eigenvalue weighted by molar-refractivity contribution is -0.137. The molecule has 154 valence electrons. The SMILES string of the molecule is Cl.FC(F)(F)c1ccccc1-c1csc2nc(C34CC5CC(CC(C5)C3)C4)cn12. The van der Waals surface area contributed by atoms with E-state index >= 15 is 0 Å². The molecule has 0 amide bonds. The molecule has 1 aromatic carbocycles. The van der Waals surface area contributed by atoms with Crippen molar-refractivity contribution >= 4 is 28.7 Å². The van der Waals surface area contributed by atoms with E-state index in [1.54, 1.807) is 17.5 Å². The largest absolute Gasteiger partial charge is 0.417 e. The molecule has 7 rings (SSSR count). The number of alkyl halides is 3. The van der Waals surface area contributed by atoms with E-state index in [0.29, 0.717) is 5.69 Å². The quantitative estimate of drug-likeness (QED) is 0.422. The first kappa shape index (κ1) is 19.4. The molecule has 0 N–H and O–H groups in total. The van der Waals surface area contributed by atoms with Crippen LogP contribution in [0.15, 0.2) is 35.8 Å². The van der Waals surface area contributed by atoms with Crippen molar-refractivity contribution in [3.05, 3.63) is 47.1 Å². The summed E-state index contributed by atoms with van der Waals surface area (Å²) in [6.45, 7) is 0. The minimum Gasteiger partial charge on any atom is -0.290 e. The maximum absolute atomic E-state index is 13.5. The van der Waals surface area contributed by atoms with Gasteiger partial charge in [0.25, 0.3) is 0 Å². The predicted octanol–water partition coefficient (Wildman–Crippen LogP) is 6.97. The van der Waals surface area contributed by atoms with Crippen LogP contribution in [0, 0.1) is 17.8 Å². The molecule has 4 bridgehead atoms. The van der Waals surface area contributed by atoms with Gasteiger partial charge in [-0.25, -0.2) is 4.98 Å². The number of hydrogen-bond donors (Lipinski definition) is 0. The molecule has 4 aliphatic rings. The minimum atomic E-state index is -4.37. The predicted molar refractivity (Wildman–Crippen MR) is 111 cm³/mol. The molecule has 29 heavy (non-hydrogen) atoms. The molecule has 4 aliphatic carbocycles. The third kappa shape index (κ3) is 2.94. The first-order valence-electron chi connectivity index (χ1n) is 10.0. The Morgan fingerprint density at radius 2 is 1.62 bits per heavy atom. The van der Waals surface area contributed by atoms with Gasteiger partial charge in [-0.3, -0.25) is 4.40 Å². The van der Waals surface area contributed by atoms with Crippen LogP contribution in [0.5, 0.6) is 0 Å². The highest BCUT2D eigenvalue weighted by molar-refractivity contribution is 7.15. The van der Waals surface area contributed by atoms with Gasteiger partial charge in [-0.1, -0.05) is 18.2 Å². The molecular weight excluding hydrogens is 417 g/mol. The second kappa shape index (κ2) is 6.48. The van der Waals surface area contributed by atoms with E-state index in [9.17, 15) is 13.2 Å². The van der Waals surface area contributed by atoms with Crippen molar-refractivity contribution < 1.29 is 13.2 Å². The molecule has 0 atom stereocenters. The monoisotopic (exact) mass is 438 g/mol. The summed E-state index contributed by atoms with van der Waals surface area (Å²) in [7, 11) is 0. The van der Waals surface area contributed by atoms with E-state index < -0.39 is 11.7 Å². The lowest BCUT2D eigenvalue weighted by Crippen LogP contribution is -2.48. The van der Waals surface area contributed by atoms with Crippen molar-refractivity contribution in [2.24, 2.45) is 17.8 Å². The summed E-state index contributed by atoms with van der Waals surface area (Å²) in [6, 6.07) is 5.85. The molecule has 7 heteroatoms. The Labute approximate surface area is 177 Å². The summed E-state index contributed by atoms with van der Waals surface area (Å²) in [5, 5.41) is 1.80. The molecular formula is C22H22ClF3N2S. The smallest absolute Gasteiger partial charge is 0.290 e. The van der Waals surface area contributed by atoms with Crippen LogP contribution < -0.4 is 0 Å². The minimum absolute atomic E-state index is 0. The molecule has 2 nitrogen and oxygen atoms in total. The van der Waals surface area contributed by atoms with Gasteiger partial charge in [-0.15, -0.1) is 23.7 Å². The van der Waals surface area contributed by atoms with Crippen LogP contribution in [0.1, 0.15) is 49.8 Å². The highest BCUT2D eigenvalue weighted by Crippen LogP contribution is 2.60. The molecule has 3 aromatic rings. The van der Waals surface area contributed by atoms with Crippen molar-refractivity contribution in [2.75, 3.05) is 0 Å². The molecule has 0 unspecified atom stereocenters. The van der Waals surface area contributed by atoms with E-state index in [1.807, 2.05) is 10.6 Å². The second-order valence-electron chi connectivity index (χ2n) is 9.14. The lowest BCUT2D eigenvalue weighted by Gasteiger charge is -2.56. The molecule has 0 aliphatic heterocycles. The zero-order valence-electron chi connectivity index (χ0n) is 15.8. The first-order valence-corrected chi connectivity index (χ1v) is 10.9. The van der Waals surface area contributed by atoms with E-state index in [2.05, 4.69) is 0 Å². The summed E-state index contributed by atoms with van der Waals surface area (Å²) in [4.78, 5) is 5.74. The fraction of sp³-hybridized carbons (Fsp3) is 0.500. The summed E-state index contributed by atoms with van der Waals surface area (Å²) >= 11 is 1.44. The van der Waals surface area contributed by atoms with Crippen molar-refractivity contribution in [1.82, 2.24) is 9.38 Å². The van der Waals surface area contributed by atoms with Gasteiger partial charge in [-0.2, -0.15) is 13.2 Å². The molecule has 0 radical (unpaired) electrons. The van der Waals surface area contributed by atoms with Gasteiger partial charge in [0, 0.05) is 22.6 Å². The number of aromatic nitrogens is 2. The average molecular weight is 439 g/mol. The average Bonchev–Trinajstić information content (AvgIpc) is 3.21. The molecule has 0 saturated heterocycles. The fourth-order valence-corrected chi connectivity index (χ4v) is 7.48. The standard InChI is InChI=1S/C22H21F3N2S.ClH/c23-22(24,25)17-4-2-1-3-16(17)18-12-28-20-26-19(11-27(18)20)21-8-13-5-14(9-21)7-15(6-13)10-21;/h1-4,11-15H,5-10H2;1H. The Morgan fingerprint density at radius 1 is 1.00 bits per heavy atom. The van der Waals surface area contributed by atoms with Crippen molar-refractivity contribution in [3.63, 3.8) is 0 Å². The van der Waals surface area contributed by atoms with Gasteiger partial charge < -0.3 is 0 Å². The second-order valence-corrected chi connectivity index (χ2v) is 9.98. The Kier molecular flexibility index (Phi) is 4.34. The maximum atomic E-state index is 13.5. The number of imidazole rings is 1. The number of halogens is 4. The third-order valence-electron chi connectivity index (χ3n) is 7.30. The Balaban J connectivity index is 0.00000181. The van der Waals surface area contributed by atoms with Gasteiger partial charge in [0.2, 0.25) is 0 Å². The molecule has 0 spiro atoms. The Morgan fingerprint density at radius 3 is 2.24 bits per heavy atom. The fourth-order valence-electron chi connectivity index (χ4n) is 6.61. The van der Waals surface area contributed by atoms with Gasteiger partial charge in [-0.05, 0) is 62.3 Å². The van der Waals surface area contributed by atoms with Gasteiger partial charge in [0.15, 0.2) is 4.96 Å². The highest BCUT2D eigenvalue weighted by atomic mass is 35.5. The summed E-state index contributed by atoms with van der Waals surface area (Å²) < 4.78 is 42.5. The van der Waals surface area contributed by atoms with E-state index in [-0.39, 0.29) is 23.4 Å². The number of nitrogens with zero attached hydrogens (tertiary/aromatic N) is 2. The summed E-state index contributed by atoms with van der Waals surface area (Å²) in [5.41, 5.74) is 1.51. The van der Waals surface area contributed by atoms with Crippen LogP contribution in [0.4, 0.5) is 13.2 Å². The summed E-state index contributed by atoms with van der Waals surface area (Å²) in [5.74, 6) is 2.45. The number of thiazole rings is 1. The van der Waals surface area contributed by atoms with Crippen LogP contribution in [-0.4, -0.2) is 9.38 Å². The number of benzene rings is 1. The van der Waals surface area contributed by atoms with E-state index in [1.165, 1.54) is 55.9 Å². The van der Waals surface area contributed by atoms with Crippen LogP contribution >= 0.6 is 23.7 Å². The molecule has 4 fully saturated rings. The summed E-state index contributed by atoms with van der Waals surface area (Å²) in [6.07, 6.45) is 5.40. The van der Waals surface area contributed by atoms with Gasteiger partial charge in [0.1, 0.15) is 0 Å². The third-order valence-corrected chi connectivity index (χ3v) is 8.14. The lowest BCUT2D eigenvalue weighted by atomic mass is 9.49. The number of fused-ring (bicyclic) bond motifs is 1. The first-order chi connectivity index (χ1) is 13.4. The molecule has 2 heterocycles. The van der Waals surface area contributed by atoms with Crippen molar-refractivity contribution in [3.8, 4) is 11.3 Å². The van der Waals surface area contributed by atoms with Crippen LogP contribution in [-0.2, 0) is 11.6 Å². The Hall–Kier alpha value is -1.53. The maximum Gasteiger partial charge on any atom is 0.417 e.